The Bertz CT molecular complexity index is 770. The fraction of sp³-hybridized carbons (Fsp3) is 0.471. The van der Waals surface area contributed by atoms with Crippen LogP contribution in [0.2, 0.25) is 0 Å². The van der Waals surface area contributed by atoms with E-state index in [4.69, 9.17) is 4.74 Å². The fourth-order valence-electron chi connectivity index (χ4n) is 3.14. The van der Waals surface area contributed by atoms with Gasteiger partial charge in [0, 0.05) is 13.1 Å². The number of nitrogens with zero attached hydrogens (tertiary/aromatic N) is 4. The SMILES string of the molecule is Cc1ccc(C2Nn3c(C)nnc3SC2C(=O)N2CCOCC2)cc1. The number of hydrogen-bond donors (Lipinski definition) is 1. The first-order chi connectivity index (χ1) is 12.1. The standard InChI is InChI=1S/C17H21N5O2S/c1-11-3-5-13(6-4-11)14-15(16(23)21-7-9-24-10-8-21)25-17-19-18-12(2)22(17)20-14/h3-6,14-15,20H,7-10H2,1-2H3. The van der Waals surface area contributed by atoms with Gasteiger partial charge in [-0.3, -0.25) is 4.79 Å². The number of rotatable bonds is 2. The molecule has 0 radical (unpaired) electrons. The Kier molecular flexibility index (Phi) is 4.39. The van der Waals surface area contributed by atoms with Crippen molar-refractivity contribution in [2.45, 2.75) is 30.3 Å². The molecule has 2 aliphatic rings. The summed E-state index contributed by atoms with van der Waals surface area (Å²) in [6, 6.07) is 8.18. The third-order valence-corrected chi connectivity index (χ3v) is 5.80. The van der Waals surface area contributed by atoms with Gasteiger partial charge in [-0.2, -0.15) is 0 Å². The van der Waals surface area contributed by atoms with E-state index in [-0.39, 0.29) is 17.2 Å². The van der Waals surface area contributed by atoms with Gasteiger partial charge >= 0.3 is 0 Å². The maximum absolute atomic E-state index is 13.2. The van der Waals surface area contributed by atoms with Crippen LogP contribution in [-0.2, 0) is 9.53 Å². The minimum atomic E-state index is -0.281. The van der Waals surface area contributed by atoms with Crippen molar-refractivity contribution in [3.63, 3.8) is 0 Å². The van der Waals surface area contributed by atoms with Gasteiger partial charge in [0.25, 0.3) is 0 Å². The Labute approximate surface area is 150 Å². The first-order valence-electron chi connectivity index (χ1n) is 8.42. The zero-order chi connectivity index (χ0) is 17.4. The summed E-state index contributed by atoms with van der Waals surface area (Å²) in [5, 5.41) is 8.77. The highest BCUT2D eigenvalue weighted by Crippen LogP contribution is 2.38. The molecular weight excluding hydrogens is 338 g/mol. The van der Waals surface area contributed by atoms with E-state index < -0.39 is 0 Å². The minimum absolute atomic E-state index is 0.123. The minimum Gasteiger partial charge on any atom is -0.378 e. The van der Waals surface area contributed by atoms with Crippen molar-refractivity contribution in [3.05, 3.63) is 41.2 Å². The van der Waals surface area contributed by atoms with Crippen molar-refractivity contribution >= 4 is 17.7 Å². The van der Waals surface area contributed by atoms with Crippen LogP contribution in [0.4, 0.5) is 0 Å². The van der Waals surface area contributed by atoms with Crippen LogP contribution in [0.3, 0.4) is 0 Å². The number of morpholine rings is 1. The molecule has 1 amide bonds. The number of thioether (sulfide) groups is 1. The number of ether oxygens (including phenoxy) is 1. The predicted molar refractivity (Wildman–Crippen MR) is 95.1 cm³/mol. The summed E-state index contributed by atoms with van der Waals surface area (Å²) in [7, 11) is 0. The molecule has 8 heteroatoms. The van der Waals surface area contributed by atoms with Crippen LogP contribution in [0.5, 0.6) is 0 Å². The maximum atomic E-state index is 13.2. The van der Waals surface area contributed by atoms with Gasteiger partial charge in [-0.1, -0.05) is 41.6 Å². The van der Waals surface area contributed by atoms with Crippen LogP contribution in [0.15, 0.2) is 29.4 Å². The number of aryl methyl sites for hydroxylation is 2. The van der Waals surface area contributed by atoms with Crippen LogP contribution in [0.25, 0.3) is 0 Å². The number of carbonyl (C=O) groups is 1. The van der Waals surface area contributed by atoms with E-state index >= 15 is 0 Å². The van der Waals surface area contributed by atoms with E-state index in [1.54, 1.807) is 0 Å². The van der Waals surface area contributed by atoms with Crippen molar-refractivity contribution in [2.24, 2.45) is 0 Å². The van der Waals surface area contributed by atoms with Crippen LogP contribution in [0.1, 0.15) is 23.0 Å². The van der Waals surface area contributed by atoms with E-state index in [0.717, 1.165) is 16.5 Å². The number of fused-ring (bicyclic) bond motifs is 1. The molecule has 1 aromatic carbocycles. The molecule has 4 rings (SSSR count). The number of hydrogen-bond acceptors (Lipinski definition) is 6. The maximum Gasteiger partial charge on any atom is 0.238 e. The third kappa shape index (κ3) is 3.11. The average molecular weight is 359 g/mol. The first kappa shape index (κ1) is 16.4. The molecule has 7 nitrogen and oxygen atoms in total. The summed E-state index contributed by atoms with van der Waals surface area (Å²) in [6.45, 7) is 6.44. The molecule has 1 fully saturated rings. The lowest BCUT2D eigenvalue weighted by atomic mass is 10.0. The van der Waals surface area contributed by atoms with Gasteiger partial charge in [-0.05, 0) is 19.4 Å². The van der Waals surface area contributed by atoms with Gasteiger partial charge in [-0.25, -0.2) is 4.68 Å². The molecular formula is C17H21N5O2S. The number of benzene rings is 1. The summed E-state index contributed by atoms with van der Waals surface area (Å²) < 4.78 is 7.25. The number of aromatic nitrogens is 3. The highest BCUT2D eigenvalue weighted by molar-refractivity contribution is 8.00. The van der Waals surface area contributed by atoms with Crippen LogP contribution in [-0.4, -0.2) is 57.2 Å². The van der Waals surface area contributed by atoms with Gasteiger partial charge in [0.2, 0.25) is 11.1 Å². The van der Waals surface area contributed by atoms with E-state index in [2.05, 4.69) is 46.8 Å². The molecule has 2 aromatic rings. The summed E-state index contributed by atoms with van der Waals surface area (Å²) in [6.07, 6.45) is 0. The van der Waals surface area contributed by atoms with E-state index in [1.807, 2.05) is 16.5 Å². The van der Waals surface area contributed by atoms with E-state index in [9.17, 15) is 4.79 Å². The molecule has 0 saturated carbocycles. The van der Waals surface area contributed by atoms with Gasteiger partial charge in [0.15, 0.2) is 0 Å². The molecule has 2 atom stereocenters. The topological polar surface area (TPSA) is 72.3 Å². The Hall–Kier alpha value is -2.06. The quantitative estimate of drug-likeness (QED) is 0.876. The highest BCUT2D eigenvalue weighted by atomic mass is 32.2. The second-order valence-electron chi connectivity index (χ2n) is 6.36. The molecule has 0 aliphatic carbocycles. The molecule has 1 saturated heterocycles. The normalized spacial score (nSPS) is 23.0. The van der Waals surface area contributed by atoms with Gasteiger partial charge in [-0.15, -0.1) is 10.2 Å². The monoisotopic (exact) mass is 359 g/mol. The predicted octanol–water partition coefficient (Wildman–Crippen LogP) is 1.51. The number of nitrogens with one attached hydrogen (secondary N) is 1. The zero-order valence-electron chi connectivity index (χ0n) is 14.3. The Morgan fingerprint density at radius 1 is 1.20 bits per heavy atom. The molecule has 0 bridgehead atoms. The Morgan fingerprint density at radius 3 is 2.64 bits per heavy atom. The lowest BCUT2D eigenvalue weighted by molar-refractivity contribution is -0.135. The van der Waals surface area contributed by atoms with Crippen molar-refractivity contribution < 1.29 is 9.53 Å². The lowest BCUT2D eigenvalue weighted by Gasteiger charge is -2.37. The average Bonchev–Trinajstić information content (AvgIpc) is 3.02. The molecule has 132 valence electrons. The van der Waals surface area contributed by atoms with Gasteiger partial charge in [0.05, 0.1) is 19.3 Å². The molecule has 1 N–H and O–H groups in total. The van der Waals surface area contributed by atoms with E-state index in [1.165, 1.54) is 17.3 Å². The summed E-state index contributed by atoms with van der Waals surface area (Å²) in [5.41, 5.74) is 5.73. The molecule has 2 aliphatic heterocycles. The molecule has 25 heavy (non-hydrogen) atoms. The highest BCUT2D eigenvalue weighted by Gasteiger charge is 2.39. The summed E-state index contributed by atoms with van der Waals surface area (Å²) in [4.78, 5) is 15.1. The lowest BCUT2D eigenvalue weighted by Crippen LogP contribution is -2.49. The largest absolute Gasteiger partial charge is 0.378 e. The fourth-order valence-corrected chi connectivity index (χ4v) is 4.35. The van der Waals surface area contributed by atoms with Crippen LogP contribution in [0, 0.1) is 13.8 Å². The third-order valence-electron chi connectivity index (χ3n) is 4.60. The number of amides is 1. The molecule has 3 heterocycles. The second-order valence-corrected chi connectivity index (χ2v) is 7.47. The molecule has 0 spiro atoms. The smallest absolute Gasteiger partial charge is 0.238 e. The van der Waals surface area contributed by atoms with Crippen LogP contribution < -0.4 is 5.43 Å². The van der Waals surface area contributed by atoms with Crippen molar-refractivity contribution in [1.82, 2.24) is 19.8 Å². The van der Waals surface area contributed by atoms with Crippen molar-refractivity contribution in [3.8, 4) is 0 Å². The summed E-state index contributed by atoms with van der Waals surface area (Å²) >= 11 is 1.48. The van der Waals surface area contributed by atoms with Crippen molar-refractivity contribution in [1.29, 1.82) is 0 Å². The van der Waals surface area contributed by atoms with E-state index in [0.29, 0.717) is 26.3 Å². The van der Waals surface area contributed by atoms with Crippen LogP contribution >= 0.6 is 11.8 Å². The summed E-state index contributed by atoms with van der Waals surface area (Å²) in [5.74, 6) is 0.912. The second kappa shape index (κ2) is 6.68. The van der Waals surface area contributed by atoms with Gasteiger partial charge < -0.3 is 15.1 Å². The zero-order valence-corrected chi connectivity index (χ0v) is 15.1. The first-order valence-corrected chi connectivity index (χ1v) is 9.30. The Morgan fingerprint density at radius 2 is 1.92 bits per heavy atom. The Balaban J connectivity index is 1.68. The van der Waals surface area contributed by atoms with Gasteiger partial charge in [0.1, 0.15) is 11.1 Å². The molecule has 1 aromatic heterocycles. The number of carbonyl (C=O) groups excluding carboxylic acids is 1. The van der Waals surface area contributed by atoms with Crippen molar-refractivity contribution in [2.75, 3.05) is 31.7 Å². The molecule has 2 unspecified atom stereocenters.